The molecule has 0 unspecified atom stereocenters. The van der Waals surface area contributed by atoms with Gasteiger partial charge in [-0.25, -0.2) is 0 Å². The zero-order chi connectivity index (χ0) is 18.1. The minimum atomic E-state index is 0.667. The van der Waals surface area contributed by atoms with E-state index in [4.69, 9.17) is 34.8 Å². The van der Waals surface area contributed by atoms with Gasteiger partial charge < -0.3 is 4.90 Å². The topological polar surface area (TPSA) is 15.6 Å². The van der Waals surface area contributed by atoms with E-state index >= 15 is 0 Å². The van der Waals surface area contributed by atoms with Crippen LogP contribution in [0.2, 0.25) is 5.02 Å². The van der Waals surface area contributed by atoms with Crippen LogP contribution in [0.3, 0.4) is 0 Å². The molecule has 0 aliphatic heterocycles. The summed E-state index contributed by atoms with van der Waals surface area (Å²) in [6.07, 6.45) is 3.80. The van der Waals surface area contributed by atoms with Crippen LogP contribution in [0.1, 0.15) is 24.0 Å². The molecule has 0 spiro atoms. The highest BCUT2D eigenvalue weighted by Gasteiger charge is 2.07. The lowest BCUT2D eigenvalue weighted by atomic mass is 10.1. The van der Waals surface area contributed by atoms with Crippen LogP contribution in [0, 0.1) is 6.92 Å². The van der Waals surface area contributed by atoms with Crippen LogP contribution >= 0.6 is 34.8 Å². The zero-order valence-corrected chi connectivity index (χ0v) is 16.7. The molecule has 5 heteroatoms. The average Bonchev–Trinajstić information content (AvgIpc) is 2.61. The van der Waals surface area contributed by atoms with Gasteiger partial charge in [-0.15, -0.1) is 23.2 Å². The second kappa shape index (κ2) is 10.7. The first-order valence-electron chi connectivity index (χ1n) is 8.41. The molecule has 2 rings (SSSR count). The molecule has 0 amide bonds. The van der Waals surface area contributed by atoms with Gasteiger partial charge in [0.15, 0.2) is 0 Å². The van der Waals surface area contributed by atoms with Crippen molar-refractivity contribution in [2.24, 2.45) is 4.99 Å². The third kappa shape index (κ3) is 6.54. The average molecular weight is 398 g/mol. The van der Waals surface area contributed by atoms with Crippen molar-refractivity contribution in [3.8, 4) is 0 Å². The number of hydrogen-bond acceptors (Lipinski definition) is 2. The number of halogens is 3. The Labute approximate surface area is 165 Å². The Bertz CT molecular complexity index is 693. The number of rotatable bonds is 9. The van der Waals surface area contributed by atoms with Crippen LogP contribution in [-0.4, -0.2) is 31.1 Å². The quantitative estimate of drug-likeness (QED) is 0.350. The Morgan fingerprint density at radius 3 is 2.32 bits per heavy atom. The molecule has 0 radical (unpaired) electrons. The molecule has 0 bridgehead atoms. The molecule has 0 fully saturated rings. The van der Waals surface area contributed by atoms with E-state index in [0.717, 1.165) is 37.2 Å². The Morgan fingerprint density at radius 2 is 1.72 bits per heavy atom. The van der Waals surface area contributed by atoms with E-state index in [1.165, 1.54) is 11.3 Å². The van der Waals surface area contributed by atoms with E-state index < -0.39 is 0 Å². The highest BCUT2D eigenvalue weighted by atomic mass is 35.5. The number of alkyl halides is 2. The first-order valence-corrected chi connectivity index (χ1v) is 9.86. The number of benzene rings is 2. The normalized spacial score (nSPS) is 11.2. The number of hydrogen-bond donors (Lipinski definition) is 0. The molecule has 134 valence electrons. The van der Waals surface area contributed by atoms with Gasteiger partial charge in [-0.2, -0.15) is 0 Å². The van der Waals surface area contributed by atoms with Crippen LogP contribution in [0.25, 0.3) is 0 Å². The van der Waals surface area contributed by atoms with Crippen molar-refractivity contribution in [2.45, 2.75) is 19.8 Å². The third-order valence-electron chi connectivity index (χ3n) is 3.90. The lowest BCUT2D eigenvalue weighted by Crippen LogP contribution is -2.26. The van der Waals surface area contributed by atoms with Gasteiger partial charge in [0, 0.05) is 41.8 Å². The van der Waals surface area contributed by atoms with Crippen molar-refractivity contribution in [3.05, 3.63) is 58.6 Å². The van der Waals surface area contributed by atoms with Crippen molar-refractivity contribution >= 4 is 52.4 Å². The highest BCUT2D eigenvalue weighted by molar-refractivity contribution is 6.30. The second-order valence-corrected chi connectivity index (χ2v) is 7.04. The number of aliphatic imine (C=N–C) groups is 1. The maximum Gasteiger partial charge on any atom is 0.0644 e. The Balaban J connectivity index is 2.14. The molecule has 0 aliphatic carbocycles. The van der Waals surface area contributed by atoms with Gasteiger partial charge in [0.1, 0.15) is 0 Å². The summed E-state index contributed by atoms with van der Waals surface area (Å²) in [6, 6.07) is 14.0. The predicted octanol–water partition coefficient (Wildman–Crippen LogP) is 6.46. The van der Waals surface area contributed by atoms with Gasteiger partial charge in [-0.3, -0.25) is 4.99 Å². The van der Waals surface area contributed by atoms with Gasteiger partial charge >= 0.3 is 0 Å². The van der Waals surface area contributed by atoms with E-state index in [-0.39, 0.29) is 0 Å². The van der Waals surface area contributed by atoms with Gasteiger partial charge in [0.2, 0.25) is 0 Å². The molecule has 0 saturated carbocycles. The first kappa shape index (κ1) is 20.1. The number of aryl methyl sites for hydroxylation is 1. The second-order valence-electron chi connectivity index (χ2n) is 5.85. The van der Waals surface area contributed by atoms with Crippen LogP contribution < -0.4 is 4.90 Å². The smallest absolute Gasteiger partial charge is 0.0644 e. The lowest BCUT2D eigenvalue weighted by Gasteiger charge is -2.25. The fraction of sp³-hybridized carbons (Fsp3) is 0.350. The maximum absolute atomic E-state index is 6.00. The van der Waals surface area contributed by atoms with Crippen molar-refractivity contribution in [3.63, 3.8) is 0 Å². The fourth-order valence-electron chi connectivity index (χ4n) is 2.57. The Kier molecular flexibility index (Phi) is 8.60. The minimum Gasteiger partial charge on any atom is -0.371 e. The predicted molar refractivity (Wildman–Crippen MR) is 113 cm³/mol. The molecule has 0 aromatic heterocycles. The summed E-state index contributed by atoms with van der Waals surface area (Å²) in [6.45, 7) is 3.98. The first-order chi connectivity index (χ1) is 12.1. The largest absolute Gasteiger partial charge is 0.371 e. The summed E-state index contributed by atoms with van der Waals surface area (Å²) < 4.78 is 0. The summed E-state index contributed by atoms with van der Waals surface area (Å²) in [5, 5.41) is 0.691. The molecular weight excluding hydrogens is 375 g/mol. The van der Waals surface area contributed by atoms with Crippen LogP contribution in [0.5, 0.6) is 0 Å². The lowest BCUT2D eigenvalue weighted by molar-refractivity contribution is 0.749. The van der Waals surface area contributed by atoms with Gasteiger partial charge in [0.25, 0.3) is 0 Å². The molecule has 2 nitrogen and oxygen atoms in total. The molecule has 2 aromatic rings. The van der Waals surface area contributed by atoms with Gasteiger partial charge in [-0.05, 0) is 61.2 Å². The van der Waals surface area contributed by atoms with E-state index in [0.29, 0.717) is 16.8 Å². The Hall–Kier alpha value is -1.22. The summed E-state index contributed by atoms with van der Waals surface area (Å²) in [5.41, 5.74) is 4.33. The van der Waals surface area contributed by atoms with Gasteiger partial charge in [0.05, 0.1) is 5.69 Å². The summed E-state index contributed by atoms with van der Waals surface area (Å²) >= 11 is 17.7. The SMILES string of the molecule is Cc1cc(N(CCCCl)CCCCl)ccc1C=Nc1cccc(Cl)c1. The van der Waals surface area contributed by atoms with Crippen molar-refractivity contribution in [2.75, 3.05) is 29.7 Å². The molecule has 0 N–H and O–H groups in total. The number of nitrogens with zero attached hydrogens (tertiary/aromatic N) is 2. The molecule has 0 atom stereocenters. The molecular formula is C20H23Cl3N2. The van der Waals surface area contributed by atoms with Crippen LogP contribution in [-0.2, 0) is 0 Å². The van der Waals surface area contributed by atoms with Crippen molar-refractivity contribution in [1.29, 1.82) is 0 Å². The van der Waals surface area contributed by atoms with Crippen molar-refractivity contribution < 1.29 is 0 Å². The van der Waals surface area contributed by atoms with E-state index in [9.17, 15) is 0 Å². The van der Waals surface area contributed by atoms with Gasteiger partial charge in [-0.1, -0.05) is 23.7 Å². The van der Waals surface area contributed by atoms with E-state index in [1.807, 2.05) is 30.5 Å². The van der Waals surface area contributed by atoms with Crippen LogP contribution in [0.15, 0.2) is 47.5 Å². The zero-order valence-electron chi connectivity index (χ0n) is 14.4. The molecule has 2 aromatic carbocycles. The Morgan fingerprint density at radius 1 is 1.00 bits per heavy atom. The standard InChI is InChI=1S/C20H23Cl3N2/c1-16-13-20(25(11-3-9-21)12-4-10-22)8-7-17(16)15-24-19-6-2-5-18(23)14-19/h2,5-8,13-15H,3-4,9-12H2,1H3. The third-order valence-corrected chi connectivity index (χ3v) is 4.67. The van der Waals surface area contributed by atoms with E-state index in [1.54, 1.807) is 0 Å². The molecule has 25 heavy (non-hydrogen) atoms. The monoisotopic (exact) mass is 396 g/mol. The highest BCUT2D eigenvalue weighted by Crippen LogP contribution is 2.21. The minimum absolute atomic E-state index is 0.667. The maximum atomic E-state index is 6.00. The molecule has 0 saturated heterocycles. The van der Waals surface area contributed by atoms with E-state index in [2.05, 4.69) is 35.0 Å². The van der Waals surface area contributed by atoms with Crippen LogP contribution in [0.4, 0.5) is 11.4 Å². The summed E-state index contributed by atoms with van der Waals surface area (Å²) in [7, 11) is 0. The number of anilines is 1. The summed E-state index contributed by atoms with van der Waals surface area (Å²) in [5.74, 6) is 1.33. The molecule has 0 aliphatic rings. The van der Waals surface area contributed by atoms with Crippen molar-refractivity contribution in [1.82, 2.24) is 0 Å². The fourth-order valence-corrected chi connectivity index (χ4v) is 3.00. The molecule has 0 heterocycles. The summed E-state index contributed by atoms with van der Waals surface area (Å²) in [4.78, 5) is 6.86.